The van der Waals surface area contributed by atoms with E-state index in [9.17, 15) is 18.0 Å². The average Bonchev–Trinajstić information content (AvgIpc) is 2.87. The summed E-state index contributed by atoms with van der Waals surface area (Å²) in [7, 11) is 5.27. The van der Waals surface area contributed by atoms with E-state index in [1.54, 1.807) is 19.2 Å². The second-order valence-electron chi connectivity index (χ2n) is 6.08. The zero-order valence-electron chi connectivity index (χ0n) is 13.4. The van der Waals surface area contributed by atoms with E-state index in [4.69, 9.17) is 0 Å². The number of anilines is 1. The molecule has 8 heteroatoms. The Balaban J connectivity index is 2.00. The molecule has 0 bridgehead atoms. The van der Waals surface area contributed by atoms with Crippen molar-refractivity contribution >= 4 is 11.7 Å². The maximum atomic E-state index is 13.0. The first kappa shape index (κ1) is 17.5. The van der Waals surface area contributed by atoms with Crippen LogP contribution in [0.3, 0.4) is 0 Å². The molecular weight excluding hydrogens is 309 g/mol. The minimum Gasteiger partial charge on any atom is -0.363 e. The van der Waals surface area contributed by atoms with Crippen molar-refractivity contribution in [1.82, 2.24) is 15.2 Å². The van der Waals surface area contributed by atoms with Gasteiger partial charge in [0, 0.05) is 27.2 Å². The Kier molecular flexibility index (Phi) is 5.13. The van der Waals surface area contributed by atoms with Gasteiger partial charge in [-0.1, -0.05) is 6.07 Å². The molecule has 1 saturated heterocycles. The molecule has 23 heavy (non-hydrogen) atoms. The summed E-state index contributed by atoms with van der Waals surface area (Å²) in [5.74, 6) is -2.54. The Labute approximate surface area is 133 Å². The van der Waals surface area contributed by atoms with Crippen molar-refractivity contribution in [1.29, 1.82) is 0 Å². The normalized spacial score (nSPS) is 22.2. The zero-order valence-corrected chi connectivity index (χ0v) is 13.4. The molecule has 0 spiro atoms. The lowest BCUT2D eigenvalue weighted by atomic mass is 9.94. The number of nitrogens with one attached hydrogen (secondary N) is 1. The van der Waals surface area contributed by atoms with Crippen LogP contribution in [0.5, 0.6) is 0 Å². The number of halogens is 3. The van der Waals surface area contributed by atoms with Crippen LogP contribution in [-0.4, -0.2) is 56.2 Å². The molecule has 0 unspecified atom stereocenters. The molecule has 1 aromatic heterocycles. The van der Waals surface area contributed by atoms with Crippen LogP contribution in [0.1, 0.15) is 5.69 Å². The first-order valence-electron chi connectivity index (χ1n) is 7.34. The van der Waals surface area contributed by atoms with Gasteiger partial charge in [-0.3, -0.25) is 4.79 Å². The molecule has 0 aromatic carbocycles. The molecule has 1 fully saturated rings. The molecule has 1 aliphatic heterocycles. The summed E-state index contributed by atoms with van der Waals surface area (Å²) in [5, 5.41) is 2.58. The highest BCUT2D eigenvalue weighted by molar-refractivity contribution is 5.79. The number of rotatable bonds is 4. The number of amides is 1. The van der Waals surface area contributed by atoms with E-state index in [2.05, 4.69) is 10.3 Å². The predicted molar refractivity (Wildman–Crippen MR) is 80.9 cm³/mol. The molecule has 0 radical (unpaired) electrons. The van der Waals surface area contributed by atoms with Crippen molar-refractivity contribution in [2.24, 2.45) is 11.8 Å². The number of hydrogen-bond donors (Lipinski definition) is 1. The van der Waals surface area contributed by atoms with Gasteiger partial charge >= 0.3 is 6.18 Å². The van der Waals surface area contributed by atoms with Crippen molar-refractivity contribution in [3.8, 4) is 0 Å². The minimum absolute atomic E-state index is 0.112. The van der Waals surface area contributed by atoms with Gasteiger partial charge < -0.3 is 15.1 Å². The maximum Gasteiger partial charge on any atom is 0.393 e. The van der Waals surface area contributed by atoms with Crippen LogP contribution in [0, 0.1) is 11.8 Å². The van der Waals surface area contributed by atoms with Crippen molar-refractivity contribution < 1.29 is 18.0 Å². The van der Waals surface area contributed by atoms with E-state index < -0.39 is 23.9 Å². The van der Waals surface area contributed by atoms with Crippen molar-refractivity contribution in [3.63, 3.8) is 0 Å². The third-order valence-electron chi connectivity index (χ3n) is 3.95. The van der Waals surface area contributed by atoms with Crippen LogP contribution < -0.4 is 10.2 Å². The molecule has 2 atom stereocenters. The molecule has 128 valence electrons. The first-order chi connectivity index (χ1) is 10.7. The van der Waals surface area contributed by atoms with Gasteiger partial charge in [-0.15, -0.1) is 0 Å². The molecular formula is C15H21F3N4O. The van der Waals surface area contributed by atoms with Crippen molar-refractivity contribution in [3.05, 3.63) is 23.9 Å². The predicted octanol–water partition coefficient (Wildman–Crippen LogP) is 1.50. The van der Waals surface area contributed by atoms with Gasteiger partial charge in [-0.2, -0.15) is 13.2 Å². The molecule has 1 aliphatic rings. The highest BCUT2D eigenvalue weighted by Crippen LogP contribution is 2.37. The van der Waals surface area contributed by atoms with E-state index >= 15 is 0 Å². The summed E-state index contributed by atoms with van der Waals surface area (Å²) in [6.07, 6.45) is -4.37. The number of hydrogen-bond acceptors (Lipinski definition) is 4. The van der Waals surface area contributed by atoms with Crippen LogP contribution in [-0.2, 0) is 11.3 Å². The quantitative estimate of drug-likeness (QED) is 0.909. The molecule has 0 saturated carbocycles. The van der Waals surface area contributed by atoms with Crippen LogP contribution in [0.2, 0.25) is 0 Å². The monoisotopic (exact) mass is 330 g/mol. The topological polar surface area (TPSA) is 48.5 Å². The Morgan fingerprint density at radius 2 is 2.09 bits per heavy atom. The van der Waals surface area contributed by atoms with E-state index in [1.165, 1.54) is 4.90 Å². The van der Waals surface area contributed by atoms with E-state index in [0.29, 0.717) is 5.69 Å². The largest absolute Gasteiger partial charge is 0.393 e. The molecule has 1 aromatic rings. The fourth-order valence-electron chi connectivity index (χ4n) is 2.72. The number of pyridine rings is 1. The molecule has 5 nitrogen and oxygen atoms in total. The lowest BCUT2D eigenvalue weighted by molar-refractivity contribution is -0.183. The first-order valence-corrected chi connectivity index (χ1v) is 7.34. The van der Waals surface area contributed by atoms with E-state index in [-0.39, 0.29) is 19.6 Å². The molecule has 0 aliphatic carbocycles. The standard InChI is InChI=1S/C15H21F3N4O/c1-21(2)13-6-4-5-10(20-13)7-19-14(23)11-8-22(3)9-12(11)15(16,17)18/h4-6,11-12H,7-9H2,1-3H3,(H,19,23)/t11-,12-/m1/s1. The third kappa shape index (κ3) is 4.34. The number of aromatic nitrogens is 1. The lowest BCUT2D eigenvalue weighted by Crippen LogP contribution is -2.40. The van der Waals surface area contributed by atoms with Gasteiger partial charge in [0.1, 0.15) is 5.82 Å². The Morgan fingerprint density at radius 3 is 2.70 bits per heavy atom. The van der Waals surface area contributed by atoms with Gasteiger partial charge in [-0.25, -0.2) is 4.98 Å². The second kappa shape index (κ2) is 6.74. The number of alkyl halides is 3. The third-order valence-corrected chi connectivity index (χ3v) is 3.95. The number of likely N-dealkylation sites (tertiary alicyclic amines) is 1. The Hall–Kier alpha value is -1.83. The summed E-state index contributed by atoms with van der Waals surface area (Å²) in [5.41, 5.74) is 0.611. The SMILES string of the molecule is CN1C[C@@H](C(F)(F)F)[C@H](C(=O)NCc2cccc(N(C)C)n2)C1. The Morgan fingerprint density at radius 1 is 1.39 bits per heavy atom. The van der Waals surface area contributed by atoms with E-state index in [0.717, 1.165) is 5.82 Å². The van der Waals surface area contributed by atoms with Crippen LogP contribution in [0.4, 0.5) is 19.0 Å². The maximum absolute atomic E-state index is 13.0. The van der Waals surface area contributed by atoms with Crippen molar-refractivity contribution in [2.45, 2.75) is 12.7 Å². The number of carbonyl (C=O) groups excluding carboxylic acids is 1. The van der Waals surface area contributed by atoms with Crippen molar-refractivity contribution in [2.75, 3.05) is 39.1 Å². The van der Waals surface area contributed by atoms with Crippen LogP contribution in [0.25, 0.3) is 0 Å². The summed E-state index contributed by atoms with van der Waals surface area (Å²) in [4.78, 5) is 19.8. The summed E-state index contributed by atoms with van der Waals surface area (Å²) in [6.45, 7) is 0.0857. The smallest absolute Gasteiger partial charge is 0.363 e. The van der Waals surface area contributed by atoms with Gasteiger partial charge in [0.25, 0.3) is 0 Å². The Bertz CT molecular complexity index is 562. The summed E-state index contributed by atoms with van der Waals surface area (Å²) < 4.78 is 39.1. The number of nitrogens with zero attached hydrogens (tertiary/aromatic N) is 3. The highest BCUT2D eigenvalue weighted by atomic mass is 19.4. The van der Waals surface area contributed by atoms with Crippen LogP contribution in [0.15, 0.2) is 18.2 Å². The lowest BCUT2D eigenvalue weighted by Gasteiger charge is -2.20. The van der Waals surface area contributed by atoms with Gasteiger partial charge in [-0.05, 0) is 19.2 Å². The highest BCUT2D eigenvalue weighted by Gasteiger charge is 2.51. The van der Waals surface area contributed by atoms with E-state index in [1.807, 2.05) is 25.1 Å². The fraction of sp³-hybridized carbons (Fsp3) is 0.600. The summed E-state index contributed by atoms with van der Waals surface area (Å²) >= 11 is 0. The molecule has 1 N–H and O–H groups in total. The van der Waals surface area contributed by atoms with Gasteiger partial charge in [0.05, 0.1) is 24.1 Å². The average molecular weight is 330 g/mol. The fourth-order valence-corrected chi connectivity index (χ4v) is 2.72. The van der Waals surface area contributed by atoms with Gasteiger partial charge in [0.15, 0.2) is 0 Å². The molecule has 2 rings (SSSR count). The van der Waals surface area contributed by atoms with Gasteiger partial charge in [0.2, 0.25) is 5.91 Å². The minimum atomic E-state index is -4.37. The number of carbonyl (C=O) groups is 1. The second-order valence-corrected chi connectivity index (χ2v) is 6.08. The zero-order chi connectivity index (χ0) is 17.2. The molecule has 1 amide bonds. The van der Waals surface area contributed by atoms with Crippen LogP contribution >= 0.6 is 0 Å². The molecule has 2 heterocycles. The summed E-state index contributed by atoms with van der Waals surface area (Å²) in [6, 6.07) is 5.35.